The molecule has 1 saturated heterocycles. The third-order valence-electron chi connectivity index (χ3n) is 3.47. The second kappa shape index (κ2) is 4.90. The van der Waals surface area contributed by atoms with E-state index >= 15 is 0 Å². The van der Waals surface area contributed by atoms with Crippen LogP contribution in [-0.4, -0.2) is 11.7 Å². The molecule has 2 rings (SSSR count). The van der Waals surface area contributed by atoms with Crippen LogP contribution in [-0.2, 0) is 0 Å². The third-order valence-corrected chi connectivity index (χ3v) is 4.00. The lowest BCUT2D eigenvalue weighted by Gasteiger charge is -2.32. The van der Waals surface area contributed by atoms with Gasteiger partial charge >= 0.3 is 6.03 Å². The van der Waals surface area contributed by atoms with Gasteiger partial charge in [-0.25, -0.2) is 15.2 Å². The van der Waals surface area contributed by atoms with Crippen LogP contribution in [0.1, 0.15) is 27.2 Å². The largest absolute Gasteiger partial charge is 0.338 e. The maximum absolute atomic E-state index is 12.1. The van der Waals surface area contributed by atoms with Crippen LogP contribution in [0.5, 0.6) is 0 Å². The summed E-state index contributed by atoms with van der Waals surface area (Å²) in [5.74, 6) is 0.312. The van der Waals surface area contributed by atoms with Crippen LogP contribution in [0.2, 0.25) is 0 Å². The summed E-state index contributed by atoms with van der Waals surface area (Å²) in [5, 5.41) is 4.62. The number of anilines is 1. The maximum Gasteiger partial charge on any atom is 0.338 e. The van der Waals surface area contributed by atoms with Crippen LogP contribution >= 0.6 is 15.9 Å². The van der Waals surface area contributed by atoms with Crippen LogP contribution in [0.4, 0.5) is 10.5 Å². The summed E-state index contributed by atoms with van der Waals surface area (Å²) >= 11 is 3.39. The minimum absolute atomic E-state index is 0.104. The van der Waals surface area contributed by atoms with Crippen molar-refractivity contribution in [1.82, 2.24) is 10.7 Å². The lowest BCUT2D eigenvalue weighted by Crippen LogP contribution is -2.54. The molecule has 1 atom stereocenters. The standard InChI is InChI=1S/C13H18BrN3O/c1-4-13(9(2)3)15-12(18)17(16-13)11-7-5-10(14)6-8-11/h5-9,16H,4H2,1-3H3,(H,15,18)/t13-/m1/s1. The average molecular weight is 312 g/mol. The zero-order valence-corrected chi connectivity index (χ0v) is 12.4. The van der Waals surface area contributed by atoms with E-state index in [1.54, 1.807) is 5.01 Å². The lowest BCUT2D eigenvalue weighted by molar-refractivity contribution is 0.217. The number of carbonyl (C=O) groups is 1. The number of urea groups is 1. The summed E-state index contributed by atoms with van der Waals surface area (Å²) in [6.07, 6.45) is 0.837. The Bertz CT molecular complexity index is 446. The molecule has 0 aliphatic carbocycles. The van der Waals surface area contributed by atoms with Crippen molar-refractivity contribution in [2.24, 2.45) is 5.92 Å². The summed E-state index contributed by atoms with van der Waals surface area (Å²) < 4.78 is 0.997. The first kappa shape index (κ1) is 13.4. The number of halogens is 1. The van der Waals surface area contributed by atoms with Crippen molar-refractivity contribution >= 4 is 27.6 Å². The second-order valence-electron chi connectivity index (χ2n) is 4.83. The Labute approximate surface area is 116 Å². The molecule has 2 amide bonds. The Morgan fingerprint density at radius 2 is 1.94 bits per heavy atom. The van der Waals surface area contributed by atoms with E-state index in [1.165, 1.54) is 0 Å². The monoisotopic (exact) mass is 311 g/mol. The van der Waals surface area contributed by atoms with Gasteiger partial charge in [0.2, 0.25) is 0 Å². The van der Waals surface area contributed by atoms with E-state index in [0.29, 0.717) is 5.92 Å². The molecule has 98 valence electrons. The highest BCUT2D eigenvalue weighted by atomic mass is 79.9. The minimum atomic E-state index is -0.357. The van der Waals surface area contributed by atoms with Crippen LogP contribution in [0.15, 0.2) is 28.7 Å². The Balaban J connectivity index is 2.26. The highest BCUT2D eigenvalue weighted by Crippen LogP contribution is 2.27. The zero-order chi connectivity index (χ0) is 13.3. The molecule has 0 unspecified atom stereocenters. The van der Waals surface area contributed by atoms with Gasteiger partial charge in [-0.3, -0.25) is 0 Å². The summed E-state index contributed by atoms with van der Waals surface area (Å²) in [6.45, 7) is 6.27. The molecule has 4 nitrogen and oxygen atoms in total. The van der Waals surface area contributed by atoms with Gasteiger partial charge < -0.3 is 5.32 Å². The molecule has 0 aromatic heterocycles. The van der Waals surface area contributed by atoms with Crippen LogP contribution in [0, 0.1) is 5.92 Å². The van der Waals surface area contributed by atoms with E-state index in [4.69, 9.17) is 0 Å². The SMILES string of the molecule is CC[C@@]1(C(C)C)NC(=O)N(c2ccc(Br)cc2)N1. The molecule has 18 heavy (non-hydrogen) atoms. The molecular formula is C13H18BrN3O. The van der Waals surface area contributed by atoms with Crippen LogP contribution in [0.25, 0.3) is 0 Å². The molecule has 5 heteroatoms. The normalized spacial score (nSPS) is 23.6. The molecule has 1 heterocycles. The third kappa shape index (κ3) is 2.24. The predicted molar refractivity (Wildman–Crippen MR) is 76.1 cm³/mol. The predicted octanol–water partition coefficient (Wildman–Crippen LogP) is 3.25. The quantitative estimate of drug-likeness (QED) is 0.900. The van der Waals surface area contributed by atoms with Crippen molar-refractivity contribution in [3.63, 3.8) is 0 Å². The second-order valence-corrected chi connectivity index (χ2v) is 5.75. The minimum Gasteiger partial charge on any atom is -0.317 e. The number of nitrogens with one attached hydrogen (secondary N) is 2. The molecule has 0 bridgehead atoms. The van der Waals surface area contributed by atoms with Crippen LogP contribution < -0.4 is 15.8 Å². The van der Waals surface area contributed by atoms with Crippen molar-refractivity contribution in [3.8, 4) is 0 Å². The number of rotatable bonds is 3. The van der Waals surface area contributed by atoms with Crippen molar-refractivity contribution in [1.29, 1.82) is 0 Å². The summed E-state index contributed by atoms with van der Waals surface area (Å²) in [6, 6.07) is 7.55. The molecule has 1 aromatic carbocycles. The topological polar surface area (TPSA) is 44.4 Å². The molecule has 0 saturated carbocycles. The van der Waals surface area contributed by atoms with Gasteiger partial charge in [0.1, 0.15) is 5.66 Å². The van der Waals surface area contributed by atoms with Gasteiger partial charge in [0, 0.05) is 4.47 Å². The number of hydrazine groups is 1. The molecular weight excluding hydrogens is 294 g/mol. The molecule has 1 aliphatic rings. The Morgan fingerprint density at radius 1 is 1.33 bits per heavy atom. The van der Waals surface area contributed by atoms with Gasteiger partial charge in [-0.15, -0.1) is 0 Å². The Kier molecular flexibility index (Phi) is 3.64. The highest BCUT2D eigenvalue weighted by molar-refractivity contribution is 9.10. The number of hydrogen-bond donors (Lipinski definition) is 2. The molecule has 0 radical (unpaired) electrons. The van der Waals surface area contributed by atoms with E-state index in [-0.39, 0.29) is 11.7 Å². The number of carbonyl (C=O) groups excluding carboxylic acids is 1. The fraction of sp³-hybridized carbons (Fsp3) is 0.462. The Hall–Kier alpha value is -1.07. The number of amides is 2. The Morgan fingerprint density at radius 3 is 2.39 bits per heavy atom. The van der Waals surface area contributed by atoms with Gasteiger partial charge in [0.05, 0.1) is 5.69 Å². The van der Waals surface area contributed by atoms with E-state index in [9.17, 15) is 4.79 Å². The summed E-state index contributed by atoms with van der Waals surface area (Å²) in [4.78, 5) is 12.1. The van der Waals surface area contributed by atoms with Gasteiger partial charge in [0.25, 0.3) is 0 Å². The van der Waals surface area contributed by atoms with Gasteiger partial charge in [0.15, 0.2) is 0 Å². The first-order valence-corrected chi connectivity index (χ1v) is 6.93. The van der Waals surface area contributed by atoms with Crippen molar-refractivity contribution < 1.29 is 4.79 Å². The average Bonchev–Trinajstić information content (AvgIpc) is 2.69. The molecule has 2 N–H and O–H groups in total. The van der Waals surface area contributed by atoms with Gasteiger partial charge in [-0.05, 0) is 36.6 Å². The van der Waals surface area contributed by atoms with Crippen LogP contribution in [0.3, 0.4) is 0 Å². The number of benzene rings is 1. The molecule has 1 fully saturated rings. The van der Waals surface area contributed by atoms with E-state index in [2.05, 4.69) is 47.4 Å². The highest BCUT2D eigenvalue weighted by Gasteiger charge is 2.43. The first-order valence-electron chi connectivity index (χ1n) is 6.14. The fourth-order valence-electron chi connectivity index (χ4n) is 2.15. The first-order chi connectivity index (χ1) is 8.48. The van der Waals surface area contributed by atoms with E-state index < -0.39 is 0 Å². The zero-order valence-electron chi connectivity index (χ0n) is 10.8. The van der Waals surface area contributed by atoms with E-state index in [1.807, 2.05) is 24.3 Å². The van der Waals surface area contributed by atoms with Crippen molar-refractivity contribution in [2.75, 3.05) is 5.01 Å². The molecule has 1 aromatic rings. The number of hydrogen-bond acceptors (Lipinski definition) is 2. The summed E-state index contributed by atoms with van der Waals surface area (Å²) in [7, 11) is 0. The molecule has 0 spiro atoms. The number of nitrogens with zero attached hydrogens (tertiary/aromatic N) is 1. The fourth-order valence-corrected chi connectivity index (χ4v) is 2.41. The van der Waals surface area contributed by atoms with E-state index in [0.717, 1.165) is 16.6 Å². The van der Waals surface area contributed by atoms with Gasteiger partial charge in [-0.1, -0.05) is 36.7 Å². The lowest BCUT2D eigenvalue weighted by atomic mass is 9.94. The van der Waals surface area contributed by atoms with Gasteiger partial charge in [-0.2, -0.15) is 0 Å². The summed E-state index contributed by atoms with van der Waals surface area (Å²) in [5.41, 5.74) is 3.78. The smallest absolute Gasteiger partial charge is 0.317 e. The van der Waals surface area contributed by atoms with Crippen molar-refractivity contribution in [3.05, 3.63) is 28.7 Å². The van der Waals surface area contributed by atoms with Crippen molar-refractivity contribution in [2.45, 2.75) is 32.9 Å². The maximum atomic E-state index is 12.1. The molecule has 1 aliphatic heterocycles.